The van der Waals surface area contributed by atoms with Gasteiger partial charge in [0.1, 0.15) is 5.82 Å². The van der Waals surface area contributed by atoms with E-state index in [0.717, 1.165) is 11.5 Å². The summed E-state index contributed by atoms with van der Waals surface area (Å²) >= 11 is 1.78. The summed E-state index contributed by atoms with van der Waals surface area (Å²) in [5.41, 5.74) is 1.30. The molecule has 0 amide bonds. The monoisotopic (exact) mass is 228 g/mol. The number of aliphatic hydroxyl groups excluding tert-OH is 1. The van der Waals surface area contributed by atoms with E-state index in [1.807, 2.05) is 0 Å². The van der Waals surface area contributed by atoms with Crippen LogP contribution in [0.2, 0.25) is 0 Å². The second-order valence-corrected chi connectivity index (χ2v) is 4.90. The van der Waals surface area contributed by atoms with Gasteiger partial charge in [0.15, 0.2) is 0 Å². The maximum Gasteiger partial charge on any atom is 0.126 e. The van der Waals surface area contributed by atoms with Crippen molar-refractivity contribution in [3.63, 3.8) is 0 Å². The minimum absolute atomic E-state index is 0.241. The summed E-state index contributed by atoms with van der Waals surface area (Å²) in [6, 6.07) is 4.93. The van der Waals surface area contributed by atoms with Gasteiger partial charge >= 0.3 is 0 Å². The second kappa shape index (κ2) is 6.13. The van der Waals surface area contributed by atoms with Crippen molar-refractivity contribution in [1.82, 2.24) is 0 Å². The number of aliphatic hydroxyl groups is 1. The van der Waals surface area contributed by atoms with Crippen LogP contribution >= 0.6 is 11.8 Å². The van der Waals surface area contributed by atoms with Crippen LogP contribution < -0.4 is 0 Å². The molecule has 1 atom stereocenters. The normalized spacial score (nSPS) is 12.8. The van der Waals surface area contributed by atoms with Crippen LogP contribution in [0, 0.1) is 12.7 Å². The molecule has 1 nitrogen and oxygen atoms in total. The molecule has 0 saturated carbocycles. The zero-order valence-corrected chi connectivity index (χ0v) is 9.98. The molecule has 1 rings (SSSR count). The average Bonchev–Trinajstić information content (AvgIpc) is 2.22. The fraction of sp³-hybridized carbons (Fsp3) is 0.500. The number of hydrogen-bond acceptors (Lipinski definition) is 2. The Labute approximate surface area is 94.7 Å². The van der Waals surface area contributed by atoms with Crippen LogP contribution in [0.15, 0.2) is 18.2 Å². The van der Waals surface area contributed by atoms with Crippen molar-refractivity contribution in [2.24, 2.45) is 0 Å². The summed E-state index contributed by atoms with van der Waals surface area (Å²) in [6.45, 7) is 3.81. The molecule has 15 heavy (non-hydrogen) atoms. The van der Waals surface area contributed by atoms with E-state index in [1.54, 1.807) is 30.8 Å². The third-order valence-corrected chi connectivity index (χ3v) is 3.25. The fourth-order valence-electron chi connectivity index (χ4n) is 1.32. The Kier molecular flexibility index (Phi) is 5.12. The number of rotatable bonds is 5. The number of benzene rings is 1. The standard InChI is InChI=1S/C12H17FOS/c1-3-15-7-6-12(14)10-5-4-9(2)11(13)8-10/h4-5,8,12,14H,3,6-7H2,1-2H3. The SMILES string of the molecule is CCSCCC(O)c1ccc(C)c(F)c1. The molecule has 0 saturated heterocycles. The summed E-state index contributed by atoms with van der Waals surface area (Å²) in [5.74, 6) is 1.72. The number of aryl methyl sites for hydroxylation is 1. The lowest BCUT2D eigenvalue weighted by atomic mass is 10.1. The molecule has 0 bridgehead atoms. The first-order chi connectivity index (χ1) is 7.15. The Morgan fingerprint density at radius 2 is 2.20 bits per heavy atom. The van der Waals surface area contributed by atoms with Gasteiger partial charge in [0.2, 0.25) is 0 Å². The lowest BCUT2D eigenvalue weighted by Gasteiger charge is -2.11. The highest BCUT2D eigenvalue weighted by Gasteiger charge is 2.08. The largest absolute Gasteiger partial charge is 0.388 e. The molecule has 1 N–H and O–H groups in total. The van der Waals surface area contributed by atoms with E-state index < -0.39 is 6.10 Å². The lowest BCUT2D eigenvalue weighted by Crippen LogP contribution is -2.00. The average molecular weight is 228 g/mol. The fourth-order valence-corrected chi connectivity index (χ4v) is 2.00. The van der Waals surface area contributed by atoms with Crippen LogP contribution in [0.4, 0.5) is 4.39 Å². The van der Waals surface area contributed by atoms with E-state index in [1.165, 1.54) is 6.07 Å². The van der Waals surface area contributed by atoms with Gasteiger partial charge in [0.05, 0.1) is 6.10 Å². The van der Waals surface area contributed by atoms with Crippen LogP contribution in [-0.2, 0) is 0 Å². The highest BCUT2D eigenvalue weighted by atomic mass is 32.2. The first kappa shape index (κ1) is 12.5. The van der Waals surface area contributed by atoms with Gasteiger partial charge in [0.25, 0.3) is 0 Å². The molecule has 0 heterocycles. The van der Waals surface area contributed by atoms with Crippen molar-refractivity contribution in [1.29, 1.82) is 0 Å². The third kappa shape index (κ3) is 3.84. The van der Waals surface area contributed by atoms with Gasteiger partial charge in [-0.05, 0) is 42.0 Å². The maximum absolute atomic E-state index is 13.2. The van der Waals surface area contributed by atoms with Crippen molar-refractivity contribution >= 4 is 11.8 Å². The van der Waals surface area contributed by atoms with Gasteiger partial charge in [0, 0.05) is 0 Å². The van der Waals surface area contributed by atoms with Gasteiger partial charge in [-0.2, -0.15) is 11.8 Å². The summed E-state index contributed by atoms with van der Waals surface area (Å²) in [6.07, 6.45) is 0.139. The number of halogens is 1. The Balaban J connectivity index is 2.57. The van der Waals surface area contributed by atoms with E-state index in [0.29, 0.717) is 17.5 Å². The predicted octanol–water partition coefficient (Wildman–Crippen LogP) is 3.31. The summed E-state index contributed by atoms with van der Waals surface area (Å²) in [5, 5.41) is 9.78. The van der Waals surface area contributed by atoms with E-state index in [4.69, 9.17) is 0 Å². The molecule has 0 aliphatic rings. The van der Waals surface area contributed by atoms with Crippen LogP contribution in [0.25, 0.3) is 0 Å². The van der Waals surface area contributed by atoms with E-state index in [-0.39, 0.29) is 5.82 Å². The zero-order chi connectivity index (χ0) is 11.3. The lowest BCUT2D eigenvalue weighted by molar-refractivity contribution is 0.174. The first-order valence-electron chi connectivity index (χ1n) is 5.17. The molecule has 1 aromatic carbocycles. The molecule has 0 aliphatic heterocycles. The first-order valence-corrected chi connectivity index (χ1v) is 6.32. The van der Waals surface area contributed by atoms with Crippen LogP contribution in [-0.4, -0.2) is 16.6 Å². The van der Waals surface area contributed by atoms with Crippen LogP contribution in [0.5, 0.6) is 0 Å². The molecular formula is C12H17FOS. The Bertz CT molecular complexity index is 314. The Morgan fingerprint density at radius 3 is 2.80 bits per heavy atom. The van der Waals surface area contributed by atoms with Gasteiger partial charge < -0.3 is 5.11 Å². The van der Waals surface area contributed by atoms with Crippen molar-refractivity contribution in [3.05, 3.63) is 35.1 Å². The predicted molar refractivity (Wildman–Crippen MR) is 63.7 cm³/mol. The van der Waals surface area contributed by atoms with Crippen LogP contribution in [0.1, 0.15) is 30.6 Å². The topological polar surface area (TPSA) is 20.2 Å². The number of hydrogen-bond donors (Lipinski definition) is 1. The van der Waals surface area contributed by atoms with Gasteiger partial charge in [-0.3, -0.25) is 0 Å². The molecule has 0 aromatic heterocycles. The maximum atomic E-state index is 13.2. The molecule has 1 unspecified atom stereocenters. The highest BCUT2D eigenvalue weighted by molar-refractivity contribution is 7.99. The summed E-state index contributed by atoms with van der Waals surface area (Å²) in [4.78, 5) is 0. The number of thioether (sulfide) groups is 1. The second-order valence-electron chi connectivity index (χ2n) is 3.51. The quantitative estimate of drug-likeness (QED) is 0.780. The molecule has 3 heteroatoms. The zero-order valence-electron chi connectivity index (χ0n) is 9.16. The van der Waals surface area contributed by atoms with E-state index >= 15 is 0 Å². The molecule has 0 aliphatic carbocycles. The minimum atomic E-state index is -0.542. The molecule has 84 valence electrons. The van der Waals surface area contributed by atoms with Crippen LogP contribution in [0.3, 0.4) is 0 Å². The van der Waals surface area contributed by atoms with E-state index in [9.17, 15) is 9.50 Å². The van der Waals surface area contributed by atoms with Gasteiger partial charge in [-0.15, -0.1) is 0 Å². The third-order valence-electron chi connectivity index (χ3n) is 2.32. The smallest absolute Gasteiger partial charge is 0.126 e. The Hall–Kier alpha value is -0.540. The van der Waals surface area contributed by atoms with Gasteiger partial charge in [-0.1, -0.05) is 19.1 Å². The van der Waals surface area contributed by atoms with Crippen molar-refractivity contribution in [2.75, 3.05) is 11.5 Å². The molecule has 1 aromatic rings. The van der Waals surface area contributed by atoms with Crippen molar-refractivity contribution in [2.45, 2.75) is 26.4 Å². The van der Waals surface area contributed by atoms with Crippen molar-refractivity contribution < 1.29 is 9.50 Å². The Morgan fingerprint density at radius 1 is 1.47 bits per heavy atom. The highest BCUT2D eigenvalue weighted by Crippen LogP contribution is 2.21. The summed E-state index contributed by atoms with van der Waals surface area (Å²) < 4.78 is 13.2. The van der Waals surface area contributed by atoms with Crippen molar-refractivity contribution in [3.8, 4) is 0 Å². The molecular weight excluding hydrogens is 211 g/mol. The molecule has 0 fully saturated rings. The minimum Gasteiger partial charge on any atom is -0.388 e. The molecule has 0 radical (unpaired) electrons. The molecule has 0 spiro atoms. The van der Waals surface area contributed by atoms with E-state index in [2.05, 4.69) is 6.92 Å². The summed E-state index contributed by atoms with van der Waals surface area (Å²) in [7, 11) is 0. The van der Waals surface area contributed by atoms with Gasteiger partial charge in [-0.25, -0.2) is 4.39 Å².